The Hall–Kier alpha value is -1.71. The largest absolute Gasteiger partial charge is 0.341 e. The van der Waals surface area contributed by atoms with E-state index in [1.54, 1.807) is 18.3 Å². The minimum atomic E-state index is -0.558. The van der Waals surface area contributed by atoms with Gasteiger partial charge in [-0.25, -0.2) is 0 Å². The van der Waals surface area contributed by atoms with Crippen LogP contribution in [-0.2, 0) is 4.79 Å². The first-order chi connectivity index (χ1) is 7.69. The topological polar surface area (TPSA) is 59.1 Å². The van der Waals surface area contributed by atoms with Crippen molar-refractivity contribution in [1.82, 2.24) is 10.3 Å². The summed E-state index contributed by atoms with van der Waals surface area (Å²) in [5.74, 6) is -0.208. The molecule has 0 fully saturated rings. The van der Waals surface area contributed by atoms with Gasteiger partial charge in [-0.3, -0.25) is 14.6 Å². The van der Waals surface area contributed by atoms with Crippen LogP contribution in [0, 0.1) is 5.92 Å². The van der Waals surface area contributed by atoms with Crippen LogP contribution in [0.1, 0.15) is 30.6 Å². The van der Waals surface area contributed by atoms with Gasteiger partial charge in [0.1, 0.15) is 0 Å². The molecule has 0 aliphatic rings. The second-order valence-electron chi connectivity index (χ2n) is 3.70. The van der Waals surface area contributed by atoms with Crippen LogP contribution in [0.5, 0.6) is 0 Å². The SMILES string of the molecule is CCC(C)C([C]=O)NC(=O)c1cccnc1. The number of carbonyl (C=O) groups is 1. The van der Waals surface area contributed by atoms with E-state index in [4.69, 9.17) is 0 Å². The molecule has 85 valence electrons. The van der Waals surface area contributed by atoms with Crippen molar-refractivity contribution in [3.8, 4) is 0 Å². The van der Waals surface area contributed by atoms with E-state index in [1.807, 2.05) is 20.1 Å². The molecule has 1 heterocycles. The first-order valence-electron chi connectivity index (χ1n) is 5.27. The second-order valence-corrected chi connectivity index (χ2v) is 3.70. The summed E-state index contributed by atoms with van der Waals surface area (Å²) in [5.41, 5.74) is 0.450. The van der Waals surface area contributed by atoms with Crippen molar-refractivity contribution >= 4 is 12.2 Å². The minimum absolute atomic E-state index is 0.0816. The quantitative estimate of drug-likeness (QED) is 0.812. The molecule has 0 aliphatic carbocycles. The van der Waals surface area contributed by atoms with Crippen LogP contribution in [0.4, 0.5) is 0 Å². The fourth-order valence-electron chi connectivity index (χ4n) is 1.25. The van der Waals surface area contributed by atoms with Crippen molar-refractivity contribution in [1.29, 1.82) is 0 Å². The third-order valence-corrected chi connectivity index (χ3v) is 2.55. The molecule has 4 heteroatoms. The highest BCUT2D eigenvalue weighted by atomic mass is 16.2. The fourth-order valence-corrected chi connectivity index (χ4v) is 1.25. The summed E-state index contributed by atoms with van der Waals surface area (Å²) in [6, 6.07) is 2.77. The Labute approximate surface area is 95.1 Å². The van der Waals surface area contributed by atoms with Crippen LogP contribution in [0.15, 0.2) is 24.5 Å². The lowest BCUT2D eigenvalue weighted by Crippen LogP contribution is -2.40. The van der Waals surface area contributed by atoms with E-state index in [-0.39, 0.29) is 11.8 Å². The molecule has 4 nitrogen and oxygen atoms in total. The van der Waals surface area contributed by atoms with Crippen LogP contribution >= 0.6 is 0 Å². The van der Waals surface area contributed by atoms with Crippen molar-refractivity contribution in [3.05, 3.63) is 30.1 Å². The number of nitrogens with one attached hydrogen (secondary N) is 1. The number of rotatable bonds is 5. The third kappa shape index (κ3) is 3.15. The number of amides is 1. The molecule has 1 N–H and O–H groups in total. The van der Waals surface area contributed by atoms with Gasteiger partial charge in [-0.1, -0.05) is 20.3 Å². The Morgan fingerprint density at radius 3 is 2.88 bits per heavy atom. The average Bonchev–Trinajstić information content (AvgIpc) is 2.35. The number of carbonyl (C=O) groups excluding carboxylic acids is 2. The highest BCUT2D eigenvalue weighted by molar-refractivity contribution is 5.95. The molecule has 16 heavy (non-hydrogen) atoms. The average molecular weight is 219 g/mol. The van der Waals surface area contributed by atoms with Gasteiger partial charge in [0.25, 0.3) is 5.91 Å². The Bertz CT molecular complexity index is 351. The van der Waals surface area contributed by atoms with Crippen molar-refractivity contribution in [2.45, 2.75) is 26.3 Å². The summed E-state index contributed by atoms with van der Waals surface area (Å²) >= 11 is 0. The highest BCUT2D eigenvalue weighted by Gasteiger charge is 2.18. The lowest BCUT2D eigenvalue weighted by atomic mass is 10.0. The van der Waals surface area contributed by atoms with Gasteiger partial charge in [0.05, 0.1) is 11.6 Å². The van der Waals surface area contributed by atoms with Gasteiger partial charge in [-0.05, 0) is 18.1 Å². The van der Waals surface area contributed by atoms with Crippen LogP contribution in [0.3, 0.4) is 0 Å². The van der Waals surface area contributed by atoms with Crippen LogP contribution in [0.2, 0.25) is 0 Å². The van der Waals surface area contributed by atoms with Crippen molar-refractivity contribution in [3.63, 3.8) is 0 Å². The van der Waals surface area contributed by atoms with Gasteiger partial charge < -0.3 is 5.32 Å². The van der Waals surface area contributed by atoms with Gasteiger partial charge in [0.2, 0.25) is 6.29 Å². The summed E-state index contributed by atoms with van der Waals surface area (Å²) in [6.45, 7) is 3.87. The van der Waals surface area contributed by atoms with Crippen LogP contribution in [-0.4, -0.2) is 23.2 Å². The Balaban J connectivity index is 2.66. The zero-order valence-electron chi connectivity index (χ0n) is 9.43. The second kappa shape index (κ2) is 6.00. The molecule has 0 aromatic carbocycles. The zero-order chi connectivity index (χ0) is 12.0. The lowest BCUT2D eigenvalue weighted by molar-refractivity contribution is 0.0936. The summed E-state index contributed by atoms with van der Waals surface area (Å²) < 4.78 is 0. The van der Waals surface area contributed by atoms with Gasteiger partial charge in [-0.15, -0.1) is 0 Å². The summed E-state index contributed by atoms with van der Waals surface area (Å²) in [6.07, 6.45) is 5.72. The maximum absolute atomic E-state index is 11.7. The number of nitrogens with zero attached hydrogens (tertiary/aromatic N) is 1. The number of hydrogen-bond acceptors (Lipinski definition) is 3. The van der Waals surface area contributed by atoms with E-state index >= 15 is 0 Å². The normalized spacial score (nSPS) is 13.9. The molecule has 1 aromatic heterocycles. The van der Waals surface area contributed by atoms with E-state index in [2.05, 4.69) is 10.3 Å². The fraction of sp³-hybridized carbons (Fsp3) is 0.417. The Morgan fingerprint density at radius 1 is 1.62 bits per heavy atom. The van der Waals surface area contributed by atoms with Gasteiger partial charge in [-0.2, -0.15) is 0 Å². The number of aromatic nitrogens is 1. The molecule has 1 aromatic rings. The summed E-state index contributed by atoms with van der Waals surface area (Å²) in [7, 11) is 0. The predicted octanol–water partition coefficient (Wildman–Crippen LogP) is 1.34. The summed E-state index contributed by atoms with van der Waals surface area (Å²) in [4.78, 5) is 26.3. The smallest absolute Gasteiger partial charge is 0.253 e. The predicted molar refractivity (Wildman–Crippen MR) is 60.6 cm³/mol. The van der Waals surface area contributed by atoms with Gasteiger partial charge in [0.15, 0.2) is 0 Å². The van der Waals surface area contributed by atoms with Crippen LogP contribution in [0.25, 0.3) is 0 Å². The standard InChI is InChI=1S/C12H15N2O2/c1-3-9(2)11(8-15)14-12(16)10-5-4-6-13-7-10/h4-7,9,11H,3H2,1-2H3,(H,14,16). The third-order valence-electron chi connectivity index (χ3n) is 2.55. The van der Waals surface area contributed by atoms with E-state index < -0.39 is 6.04 Å². The molecule has 0 aliphatic heterocycles. The molecule has 2 unspecified atom stereocenters. The Kier molecular flexibility index (Phi) is 4.64. The van der Waals surface area contributed by atoms with E-state index in [0.29, 0.717) is 5.56 Å². The zero-order valence-corrected chi connectivity index (χ0v) is 9.43. The van der Waals surface area contributed by atoms with E-state index in [9.17, 15) is 9.59 Å². The monoisotopic (exact) mass is 219 g/mol. The van der Waals surface area contributed by atoms with Crippen molar-refractivity contribution < 1.29 is 9.59 Å². The molecule has 2 atom stereocenters. The number of hydrogen-bond donors (Lipinski definition) is 1. The first kappa shape index (κ1) is 12.4. The molecule has 0 bridgehead atoms. The Morgan fingerprint density at radius 2 is 2.38 bits per heavy atom. The summed E-state index contributed by atoms with van der Waals surface area (Å²) in [5, 5.41) is 2.63. The lowest BCUT2D eigenvalue weighted by Gasteiger charge is -2.17. The molecule has 0 spiro atoms. The molecule has 0 saturated heterocycles. The molecule has 0 saturated carbocycles. The molecular formula is C12H15N2O2. The molecule has 1 amide bonds. The van der Waals surface area contributed by atoms with Crippen molar-refractivity contribution in [2.24, 2.45) is 5.92 Å². The van der Waals surface area contributed by atoms with Gasteiger partial charge in [0, 0.05) is 12.4 Å². The first-order valence-corrected chi connectivity index (χ1v) is 5.27. The molecule has 1 radical (unpaired) electrons. The maximum atomic E-state index is 11.7. The maximum Gasteiger partial charge on any atom is 0.253 e. The highest BCUT2D eigenvalue weighted by Crippen LogP contribution is 2.06. The molecule has 1 rings (SSSR count). The van der Waals surface area contributed by atoms with Crippen LogP contribution < -0.4 is 5.32 Å². The van der Waals surface area contributed by atoms with Gasteiger partial charge >= 0.3 is 0 Å². The minimum Gasteiger partial charge on any atom is -0.341 e. The van der Waals surface area contributed by atoms with Crippen molar-refractivity contribution in [2.75, 3.05) is 0 Å². The van der Waals surface area contributed by atoms with E-state index in [1.165, 1.54) is 6.20 Å². The van der Waals surface area contributed by atoms with E-state index in [0.717, 1.165) is 6.42 Å². The number of pyridine rings is 1. The molecular weight excluding hydrogens is 204 g/mol.